The predicted molar refractivity (Wildman–Crippen MR) is 86.4 cm³/mol. The topological polar surface area (TPSA) is 70.9 Å². The molecule has 1 aliphatic carbocycles. The Morgan fingerprint density at radius 1 is 1.20 bits per heavy atom. The Kier molecular flexibility index (Phi) is 4.94. The fraction of sp³-hybridized carbons (Fsp3) is 0.438. The Balaban J connectivity index is 1.58. The van der Waals surface area contributed by atoms with Crippen molar-refractivity contribution in [1.82, 2.24) is 15.5 Å². The zero-order valence-corrected chi connectivity index (χ0v) is 13.9. The monoisotopic (exact) mass is 371 g/mol. The summed E-state index contributed by atoms with van der Waals surface area (Å²) >= 11 is 4.80. The third-order valence-electron chi connectivity index (χ3n) is 4.36. The van der Waals surface area contributed by atoms with Crippen LogP contribution in [0.5, 0.6) is 0 Å². The van der Waals surface area contributed by atoms with E-state index in [4.69, 9.17) is 16.6 Å². The van der Waals surface area contributed by atoms with Crippen molar-refractivity contribution < 1.29 is 22.4 Å². The largest absolute Gasteiger partial charge is 0.409 e. The van der Waals surface area contributed by atoms with E-state index in [9.17, 15) is 18.0 Å². The lowest BCUT2D eigenvalue weighted by Crippen LogP contribution is -2.40. The molecule has 1 fully saturated rings. The molecule has 134 valence electrons. The number of carbonyl (C=O) groups excluding carboxylic acids is 1. The Labute approximate surface area is 146 Å². The van der Waals surface area contributed by atoms with Crippen molar-refractivity contribution in [2.45, 2.75) is 37.9 Å². The van der Waals surface area contributed by atoms with Gasteiger partial charge in [0.1, 0.15) is 0 Å². The van der Waals surface area contributed by atoms with E-state index in [2.05, 4.69) is 15.5 Å². The molecular formula is C16H16F3N3O2S. The van der Waals surface area contributed by atoms with Gasteiger partial charge in [-0.05, 0) is 62.2 Å². The normalized spacial score (nSPS) is 21.1. The van der Waals surface area contributed by atoms with Gasteiger partial charge >= 0.3 is 6.18 Å². The fourth-order valence-corrected chi connectivity index (χ4v) is 3.08. The number of nitrogens with zero attached hydrogens (tertiary/aromatic N) is 1. The number of benzene rings is 1. The highest BCUT2D eigenvalue weighted by Crippen LogP contribution is 2.37. The van der Waals surface area contributed by atoms with Crippen molar-refractivity contribution in [2.24, 2.45) is 5.92 Å². The molecule has 25 heavy (non-hydrogen) atoms. The van der Waals surface area contributed by atoms with Gasteiger partial charge in [-0.15, -0.1) is 5.10 Å². The third kappa shape index (κ3) is 4.28. The van der Waals surface area contributed by atoms with E-state index in [-0.39, 0.29) is 29.6 Å². The molecule has 0 atom stereocenters. The van der Waals surface area contributed by atoms with Gasteiger partial charge in [0.05, 0.1) is 5.92 Å². The van der Waals surface area contributed by atoms with E-state index in [1.165, 1.54) is 0 Å². The summed E-state index contributed by atoms with van der Waals surface area (Å²) in [5.74, 6) is -1.24. The van der Waals surface area contributed by atoms with Crippen molar-refractivity contribution in [3.63, 3.8) is 0 Å². The molecule has 9 heteroatoms. The highest BCUT2D eigenvalue weighted by molar-refractivity contribution is 7.71. The second-order valence-corrected chi connectivity index (χ2v) is 6.43. The van der Waals surface area contributed by atoms with Crippen molar-refractivity contribution >= 4 is 18.1 Å². The summed E-state index contributed by atoms with van der Waals surface area (Å²) in [7, 11) is 0. The summed E-state index contributed by atoms with van der Waals surface area (Å²) in [5, 5.41) is 9.21. The maximum absolute atomic E-state index is 12.7. The van der Waals surface area contributed by atoms with Crippen molar-refractivity contribution in [3.8, 4) is 11.5 Å². The second kappa shape index (κ2) is 6.99. The number of aromatic nitrogens is 2. The zero-order valence-electron chi connectivity index (χ0n) is 13.1. The Hall–Kier alpha value is -2.16. The van der Waals surface area contributed by atoms with E-state index in [0.29, 0.717) is 29.9 Å². The number of rotatable bonds is 3. The van der Waals surface area contributed by atoms with Crippen LogP contribution in [0, 0.1) is 10.8 Å². The number of amides is 1. The summed E-state index contributed by atoms with van der Waals surface area (Å²) in [6.07, 6.45) is -3.37. The molecule has 1 amide bonds. The van der Waals surface area contributed by atoms with Crippen LogP contribution in [-0.2, 0) is 0 Å². The van der Waals surface area contributed by atoms with Crippen LogP contribution in [0.4, 0.5) is 13.2 Å². The number of hydrogen-bond acceptors (Lipinski definition) is 4. The minimum Gasteiger partial charge on any atom is -0.409 e. The first-order valence-electron chi connectivity index (χ1n) is 7.86. The van der Waals surface area contributed by atoms with Crippen LogP contribution in [-0.4, -0.2) is 28.3 Å². The van der Waals surface area contributed by atoms with Crippen LogP contribution in [0.1, 0.15) is 36.0 Å². The molecule has 3 rings (SSSR count). The fourth-order valence-electron chi connectivity index (χ4n) is 2.95. The predicted octanol–water partition coefficient (Wildman–Crippen LogP) is 4.25. The molecule has 2 aromatic rings. The molecule has 2 N–H and O–H groups in total. The highest BCUT2D eigenvalue weighted by Gasteiger charge is 2.41. The van der Waals surface area contributed by atoms with Gasteiger partial charge < -0.3 is 9.73 Å². The average molecular weight is 371 g/mol. The number of H-pyrrole nitrogens is 1. The first kappa shape index (κ1) is 17.7. The molecule has 1 saturated carbocycles. The zero-order chi connectivity index (χ0) is 18.0. The minimum absolute atomic E-state index is 0.0530. The molecule has 1 heterocycles. The van der Waals surface area contributed by atoms with Crippen LogP contribution in [0.25, 0.3) is 11.5 Å². The number of aromatic amines is 1. The van der Waals surface area contributed by atoms with Crippen molar-refractivity contribution in [1.29, 1.82) is 0 Å². The van der Waals surface area contributed by atoms with E-state index >= 15 is 0 Å². The van der Waals surface area contributed by atoms with Crippen LogP contribution in [0.2, 0.25) is 0 Å². The quantitative estimate of drug-likeness (QED) is 0.792. The number of nitrogens with one attached hydrogen (secondary N) is 2. The van der Waals surface area contributed by atoms with E-state index in [0.717, 1.165) is 0 Å². The molecule has 5 nitrogen and oxygen atoms in total. The van der Waals surface area contributed by atoms with Gasteiger partial charge in [-0.2, -0.15) is 13.2 Å². The Morgan fingerprint density at radius 3 is 2.36 bits per heavy atom. The molecular weight excluding hydrogens is 355 g/mol. The first-order valence-corrected chi connectivity index (χ1v) is 8.27. The molecule has 0 spiro atoms. The lowest BCUT2D eigenvalue weighted by atomic mass is 9.85. The van der Waals surface area contributed by atoms with Gasteiger partial charge in [0, 0.05) is 17.2 Å². The van der Waals surface area contributed by atoms with Gasteiger partial charge in [-0.25, -0.2) is 5.10 Å². The Bertz CT molecular complexity index is 790. The summed E-state index contributed by atoms with van der Waals surface area (Å²) in [5.41, 5.74) is 1.09. The maximum Gasteiger partial charge on any atom is 0.391 e. The lowest BCUT2D eigenvalue weighted by molar-refractivity contribution is -0.182. The molecule has 0 saturated heterocycles. The van der Waals surface area contributed by atoms with E-state index < -0.39 is 12.1 Å². The van der Waals surface area contributed by atoms with Gasteiger partial charge in [-0.1, -0.05) is 0 Å². The van der Waals surface area contributed by atoms with Crippen LogP contribution in [0.3, 0.4) is 0 Å². The maximum atomic E-state index is 12.7. The molecule has 1 aromatic heterocycles. The minimum atomic E-state index is -4.15. The SMILES string of the molecule is O=C(NC1CCC(C(F)(F)F)CC1)c1ccc(-c2n[nH]c(=S)o2)cc1. The number of carbonyl (C=O) groups is 1. The summed E-state index contributed by atoms with van der Waals surface area (Å²) in [4.78, 5) is 12.4. The molecule has 0 aliphatic heterocycles. The van der Waals surface area contributed by atoms with Crippen molar-refractivity contribution in [2.75, 3.05) is 0 Å². The van der Waals surface area contributed by atoms with Crippen molar-refractivity contribution in [3.05, 3.63) is 34.7 Å². The van der Waals surface area contributed by atoms with Gasteiger partial charge in [0.15, 0.2) is 0 Å². The summed E-state index contributed by atoms with van der Waals surface area (Å²) in [6.45, 7) is 0. The highest BCUT2D eigenvalue weighted by atomic mass is 32.1. The van der Waals surface area contributed by atoms with Crippen LogP contribution >= 0.6 is 12.2 Å². The van der Waals surface area contributed by atoms with E-state index in [1.54, 1.807) is 24.3 Å². The van der Waals surface area contributed by atoms with Gasteiger partial charge in [0.2, 0.25) is 5.89 Å². The van der Waals surface area contributed by atoms with Crippen LogP contribution < -0.4 is 5.32 Å². The van der Waals surface area contributed by atoms with Gasteiger partial charge in [-0.3, -0.25) is 4.79 Å². The number of hydrogen-bond donors (Lipinski definition) is 2. The summed E-state index contributed by atoms with van der Waals surface area (Å²) in [6, 6.07) is 6.33. The molecule has 0 unspecified atom stereocenters. The first-order chi connectivity index (χ1) is 11.8. The molecule has 0 radical (unpaired) electrons. The Morgan fingerprint density at radius 2 is 1.84 bits per heavy atom. The molecule has 0 bridgehead atoms. The number of alkyl halides is 3. The average Bonchev–Trinajstić information content (AvgIpc) is 3.01. The summed E-state index contributed by atoms with van der Waals surface area (Å²) < 4.78 is 43.2. The second-order valence-electron chi connectivity index (χ2n) is 6.06. The van der Waals surface area contributed by atoms with E-state index in [1.807, 2.05) is 0 Å². The molecule has 1 aromatic carbocycles. The number of halogens is 3. The smallest absolute Gasteiger partial charge is 0.391 e. The molecule has 1 aliphatic rings. The van der Waals surface area contributed by atoms with Crippen LogP contribution in [0.15, 0.2) is 28.7 Å². The standard InChI is InChI=1S/C16H16F3N3O2S/c17-16(18,19)11-5-7-12(8-6-11)20-13(23)9-1-3-10(4-2-9)14-21-22-15(25)24-14/h1-4,11-12H,5-8H2,(H,20,23)(H,22,25). The lowest BCUT2D eigenvalue weighted by Gasteiger charge is -2.30. The third-order valence-corrected chi connectivity index (χ3v) is 4.53. The van der Waals surface area contributed by atoms with Gasteiger partial charge in [0.25, 0.3) is 10.7 Å².